The number of carbonyl (C=O) groups excluding carboxylic acids is 1. The van der Waals surface area contributed by atoms with Crippen LogP contribution in [0.15, 0.2) is 76.9 Å². The Balaban J connectivity index is 1.41. The van der Waals surface area contributed by atoms with Crippen molar-refractivity contribution in [3.05, 3.63) is 104 Å². The normalized spacial score (nSPS) is 11.3. The van der Waals surface area contributed by atoms with E-state index >= 15 is 0 Å². The molecule has 2 N–H and O–H groups in total. The van der Waals surface area contributed by atoms with Crippen molar-refractivity contribution in [2.45, 2.75) is 13.0 Å². The third-order valence-electron chi connectivity index (χ3n) is 5.38. The Kier molecular flexibility index (Phi) is 7.86. The molecule has 35 heavy (non-hydrogen) atoms. The van der Waals surface area contributed by atoms with E-state index in [1.807, 2.05) is 36.5 Å². The highest BCUT2D eigenvalue weighted by Gasteiger charge is 2.13. The zero-order valence-electron chi connectivity index (χ0n) is 18.4. The molecule has 0 radical (unpaired) electrons. The Hall–Kier alpha value is -3.60. The molecule has 0 bridgehead atoms. The number of nitrogens with zero attached hydrogens (tertiary/aromatic N) is 1. The van der Waals surface area contributed by atoms with Gasteiger partial charge in [0.05, 0.1) is 9.50 Å². The van der Waals surface area contributed by atoms with Gasteiger partial charge in [-0.1, -0.05) is 48.0 Å². The number of halogens is 3. The van der Waals surface area contributed by atoms with Crippen molar-refractivity contribution in [3.8, 4) is 11.8 Å². The molecule has 0 unspecified atom stereocenters. The average molecular weight is 553 g/mol. The molecule has 1 heterocycles. The number of carbonyl (C=O) groups is 1. The fourth-order valence-electron chi connectivity index (χ4n) is 3.63. The van der Waals surface area contributed by atoms with Gasteiger partial charge in [-0.2, -0.15) is 5.26 Å². The number of aromatic nitrogens is 1. The number of amides is 1. The topological polar surface area (TPSA) is 77.9 Å². The third kappa shape index (κ3) is 5.91. The summed E-state index contributed by atoms with van der Waals surface area (Å²) in [4.78, 5) is 15.8. The van der Waals surface area contributed by atoms with E-state index in [0.717, 1.165) is 16.5 Å². The van der Waals surface area contributed by atoms with E-state index in [1.165, 1.54) is 12.1 Å². The molecular formula is C27H20BrClFN3O2. The van der Waals surface area contributed by atoms with Crippen LogP contribution >= 0.6 is 27.5 Å². The van der Waals surface area contributed by atoms with Gasteiger partial charge < -0.3 is 15.0 Å². The number of aromatic amines is 1. The van der Waals surface area contributed by atoms with E-state index in [1.54, 1.807) is 30.3 Å². The summed E-state index contributed by atoms with van der Waals surface area (Å²) in [7, 11) is 0. The zero-order valence-corrected chi connectivity index (χ0v) is 20.8. The quantitative estimate of drug-likeness (QED) is 0.192. The summed E-state index contributed by atoms with van der Waals surface area (Å²) in [6.45, 7) is 0.384. The fraction of sp³-hybridized carbons (Fsp3) is 0.111. The Morgan fingerprint density at radius 2 is 1.94 bits per heavy atom. The maximum absolute atomic E-state index is 13.9. The highest BCUT2D eigenvalue weighted by molar-refractivity contribution is 9.10. The van der Waals surface area contributed by atoms with Crippen LogP contribution in [0.4, 0.5) is 4.39 Å². The van der Waals surface area contributed by atoms with Crippen LogP contribution < -0.4 is 10.1 Å². The highest BCUT2D eigenvalue weighted by Crippen LogP contribution is 2.36. The van der Waals surface area contributed by atoms with E-state index in [2.05, 4.69) is 26.2 Å². The van der Waals surface area contributed by atoms with E-state index in [0.29, 0.717) is 34.3 Å². The summed E-state index contributed by atoms with van der Waals surface area (Å²) < 4.78 is 20.1. The third-order valence-corrected chi connectivity index (χ3v) is 6.25. The number of hydrogen-bond donors (Lipinski definition) is 2. The number of nitrogens with one attached hydrogen (secondary N) is 2. The van der Waals surface area contributed by atoms with Crippen LogP contribution in [-0.2, 0) is 17.8 Å². The first-order chi connectivity index (χ1) is 17.0. The lowest BCUT2D eigenvalue weighted by atomic mass is 10.1. The first kappa shape index (κ1) is 24.5. The number of hydrogen-bond acceptors (Lipinski definition) is 3. The number of fused-ring (bicyclic) bond motifs is 1. The predicted octanol–water partition coefficient (Wildman–Crippen LogP) is 6.57. The molecule has 5 nitrogen and oxygen atoms in total. The van der Waals surface area contributed by atoms with Crippen molar-refractivity contribution in [1.82, 2.24) is 10.3 Å². The number of ether oxygens (including phenoxy) is 1. The van der Waals surface area contributed by atoms with Gasteiger partial charge in [0.1, 0.15) is 24.1 Å². The molecule has 176 valence electrons. The van der Waals surface area contributed by atoms with Gasteiger partial charge in [-0.05, 0) is 63.8 Å². The molecule has 8 heteroatoms. The van der Waals surface area contributed by atoms with Gasteiger partial charge in [0, 0.05) is 29.2 Å². The van der Waals surface area contributed by atoms with Crippen molar-refractivity contribution in [2.75, 3.05) is 6.54 Å². The molecule has 0 aliphatic carbocycles. The Morgan fingerprint density at radius 3 is 2.71 bits per heavy atom. The van der Waals surface area contributed by atoms with Gasteiger partial charge in [0.2, 0.25) is 0 Å². The van der Waals surface area contributed by atoms with Crippen LogP contribution in [0.2, 0.25) is 5.02 Å². The minimum Gasteiger partial charge on any atom is -0.486 e. The minimum atomic E-state index is -0.473. The van der Waals surface area contributed by atoms with Gasteiger partial charge in [-0.25, -0.2) is 4.39 Å². The van der Waals surface area contributed by atoms with Gasteiger partial charge in [-0.3, -0.25) is 4.79 Å². The molecule has 1 amide bonds. The molecule has 0 saturated carbocycles. The Morgan fingerprint density at radius 1 is 1.17 bits per heavy atom. The summed E-state index contributed by atoms with van der Waals surface area (Å²) in [5, 5.41) is 13.7. The van der Waals surface area contributed by atoms with E-state index < -0.39 is 5.91 Å². The minimum absolute atomic E-state index is 0.00244. The van der Waals surface area contributed by atoms with Crippen LogP contribution in [-0.4, -0.2) is 17.4 Å². The number of H-pyrrole nitrogens is 1. The second-order valence-electron chi connectivity index (χ2n) is 7.73. The standard InChI is InChI=1S/C27H20BrClFN3O2/c28-22-12-17(13-23(29)26(22)35-16-19-5-1-3-7-24(19)30)11-20(14-31)27(34)32-10-9-18-15-33-25-8-4-2-6-21(18)25/h1-8,11-13,15,33H,9-10,16H2,(H,32,34)/b20-11-. The van der Waals surface area contributed by atoms with Crippen LogP contribution in [0.5, 0.6) is 5.75 Å². The van der Waals surface area contributed by atoms with Gasteiger partial charge in [0.25, 0.3) is 5.91 Å². The maximum Gasteiger partial charge on any atom is 0.261 e. The number of rotatable bonds is 8. The van der Waals surface area contributed by atoms with Crippen molar-refractivity contribution < 1.29 is 13.9 Å². The lowest BCUT2D eigenvalue weighted by molar-refractivity contribution is -0.117. The molecule has 1 aromatic heterocycles. The summed E-state index contributed by atoms with van der Waals surface area (Å²) in [5.74, 6) is -0.498. The van der Waals surface area contributed by atoms with Gasteiger partial charge in [0.15, 0.2) is 5.75 Å². The molecule has 0 saturated heterocycles. The van der Waals surface area contributed by atoms with Crippen molar-refractivity contribution in [2.24, 2.45) is 0 Å². The summed E-state index contributed by atoms with van der Waals surface area (Å²) in [6, 6.07) is 19.5. The Bertz CT molecular complexity index is 1440. The second-order valence-corrected chi connectivity index (χ2v) is 8.99. The Labute approximate surface area is 215 Å². The predicted molar refractivity (Wildman–Crippen MR) is 138 cm³/mol. The molecule has 0 fully saturated rings. The molecular weight excluding hydrogens is 533 g/mol. The molecule has 0 aliphatic rings. The van der Waals surface area contributed by atoms with Crippen LogP contribution in [0.3, 0.4) is 0 Å². The average Bonchev–Trinajstić information content (AvgIpc) is 3.26. The van der Waals surface area contributed by atoms with E-state index in [-0.39, 0.29) is 23.0 Å². The molecule has 4 aromatic rings. The summed E-state index contributed by atoms with van der Waals surface area (Å²) in [5.41, 5.74) is 3.02. The smallest absolute Gasteiger partial charge is 0.261 e. The summed E-state index contributed by atoms with van der Waals surface area (Å²) in [6.07, 6.45) is 4.01. The van der Waals surface area contributed by atoms with Crippen molar-refractivity contribution >= 4 is 50.4 Å². The highest BCUT2D eigenvalue weighted by atomic mass is 79.9. The molecule has 0 atom stereocenters. The largest absolute Gasteiger partial charge is 0.486 e. The number of benzene rings is 3. The number of para-hydroxylation sites is 1. The first-order valence-electron chi connectivity index (χ1n) is 10.8. The van der Waals surface area contributed by atoms with E-state index in [9.17, 15) is 14.4 Å². The monoisotopic (exact) mass is 551 g/mol. The van der Waals surface area contributed by atoms with E-state index in [4.69, 9.17) is 16.3 Å². The molecule has 3 aromatic carbocycles. The van der Waals surface area contributed by atoms with Gasteiger partial charge in [-0.15, -0.1) is 0 Å². The molecule has 0 aliphatic heterocycles. The van der Waals surface area contributed by atoms with Crippen molar-refractivity contribution in [1.29, 1.82) is 5.26 Å². The molecule has 4 rings (SSSR count). The van der Waals surface area contributed by atoms with Crippen molar-refractivity contribution in [3.63, 3.8) is 0 Å². The fourth-order valence-corrected chi connectivity index (χ4v) is 4.61. The van der Waals surface area contributed by atoms with Crippen LogP contribution in [0, 0.1) is 17.1 Å². The summed E-state index contributed by atoms with van der Waals surface area (Å²) >= 11 is 9.77. The van der Waals surface area contributed by atoms with Crippen LogP contribution in [0.1, 0.15) is 16.7 Å². The second kappa shape index (κ2) is 11.2. The van der Waals surface area contributed by atoms with Gasteiger partial charge >= 0.3 is 0 Å². The maximum atomic E-state index is 13.9. The van der Waals surface area contributed by atoms with Crippen LogP contribution in [0.25, 0.3) is 17.0 Å². The molecule has 0 spiro atoms. The lowest BCUT2D eigenvalue weighted by Crippen LogP contribution is -2.26. The SMILES string of the molecule is N#C/C(=C/c1cc(Cl)c(OCc2ccccc2F)c(Br)c1)C(=O)NCCc1c[nH]c2ccccc12. The number of nitriles is 1. The lowest BCUT2D eigenvalue weighted by Gasteiger charge is -2.12. The first-order valence-corrected chi connectivity index (χ1v) is 11.9. The zero-order chi connectivity index (χ0) is 24.8.